The molecule has 3 rings (SSSR count). The first kappa shape index (κ1) is 21.6. The highest BCUT2D eigenvalue weighted by molar-refractivity contribution is 6.35. The standard InChI is InChI=1S/C20H16Cl2N2O6/c1-10(30-16-6-3-11(21)7-15(16)22)20(28)29-9-17(25)23-12-4-5-13-14(8-12)19(27)24(2)18(13)26/h3-8,10H,9H2,1-2H3,(H,23,25). The lowest BCUT2D eigenvalue weighted by atomic mass is 10.1. The number of nitrogens with one attached hydrogen (secondary N) is 1. The van der Waals surface area contributed by atoms with Crippen LogP contribution in [0.25, 0.3) is 0 Å². The molecule has 2 aromatic carbocycles. The van der Waals surface area contributed by atoms with Gasteiger partial charge in [-0.15, -0.1) is 0 Å². The molecular weight excluding hydrogens is 435 g/mol. The Kier molecular flexibility index (Phi) is 6.28. The predicted molar refractivity (Wildman–Crippen MR) is 109 cm³/mol. The van der Waals surface area contributed by atoms with E-state index in [1.54, 1.807) is 6.07 Å². The summed E-state index contributed by atoms with van der Waals surface area (Å²) in [5.74, 6) is -2.00. The van der Waals surface area contributed by atoms with Crippen molar-refractivity contribution in [2.75, 3.05) is 19.0 Å². The lowest BCUT2D eigenvalue weighted by Gasteiger charge is -2.15. The Bertz CT molecular complexity index is 1060. The quantitative estimate of drug-likeness (QED) is 0.535. The van der Waals surface area contributed by atoms with Crippen molar-refractivity contribution in [2.45, 2.75) is 13.0 Å². The molecule has 0 radical (unpaired) electrons. The average molecular weight is 451 g/mol. The van der Waals surface area contributed by atoms with E-state index in [1.165, 1.54) is 44.3 Å². The van der Waals surface area contributed by atoms with Gasteiger partial charge in [0.25, 0.3) is 17.7 Å². The van der Waals surface area contributed by atoms with Gasteiger partial charge in [-0.3, -0.25) is 19.3 Å². The SMILES string of the molecule is CC(Oc1ccc(Cl)cc1Cl)C(=O)OCC(=O)Nc1ccc2c(c1)C(=O)N(C)C2=O. The summed E-state index contributed by atoms with van der Waals surface area (Å²) < 4.78 is 10.4. The molecule has 0 spiro atoms. The minimum absolute atomic E-state index is 0.194. The third-order valence-corrected chi connectivity index (χ3v) is 4.78. The molecule has 156 valence electrons. The summed E-state index contributed by atoms with van der Waals surface area (Å²) in [5, 5.41) is 3.16. The van der Waals surface area contributed by atoms with Crippen molar-refractivity contribution in [3.05, 3.63) is 57.6 Å². The average Bonchev–Trinajstić information content (AvgIpc) is 2.92. The van der Waals surface area contributed by atoms with Crippen LogP contribution in [0.4, 0.5) is 5.69 Å². The van der Waals surface area contributed by atoms with Crippen molar-refractivity contribution < 1.29 is 28.7 Å². The highest BCUT2D eigenvalue weighted by Gasteiger charge is 2.32. The molecule has 1 heterocycles. The molecule has 1 atom stereocenters. The zero-order valence-electron chi connectivity index (χ0n) is 15.9. The highest BCUT2D eigenvalue weighted by Crippen LogP contribution is 2.28. The number of carbonyl (C=O) groups excluding carboxylic acids is 4. The van der Waals surface area contributed by atoms with Gasteiger partial charge < -0.3 is 14.8 Å². The molecule has 0 bridgehead atoms. The summed E-state index contributed by atoms with van der Waals surface area (Å²) >= 11 is 11.8. The maximum absolute atomic E-state index is 12.1. The molecule has 0 saturated carbocycles. The zero-order valence-corrected chi connectivity index (χ0v) is 17.4. The van der Waals surface area contributed by atoms with Gasteiger partial charge >= 0.3 is 5.97 Å². The largest absolute Gasteiger partial charge is 0.477 e. The van der Waals surface area contributed by atoms with Crippen LogP contribution in [0.1, 0.15) is 27.6 Å². The summed E-state index contributed by atoms with van der Waals surface area (Å²) in [6, 6.07) is 8.87. The number of hydrogen-bond acceptors (Lipinski definition) is 6. The third kappa shape index (κ3) is 4.55. The van der Waals surface area contributed by atoms with E-state index < -0.39 is 36.4 Å². The second kappa shape index (κ2) is 8.73. The van der Waals surface area contributed by atoms with Crippen LogP contribution >= 0.6 is 23.2 Å². The topological polar surface area (TPSA) is 102 Å². The zero-order chi connectivity index (χ0) is 22.0. The van der Waals surface area contributed by atoms with Crippen LogP contribution in [0.15, 0.2) is 36.4 Å². The van der Waals surface area contributed by atoms with E-state index in [4.69, 9.17) is 32.7 Å². The van der Waals surface area contributed by atoms with Gasteiger partial charge in [-0.25, -0.2) is 4.79 Å². The molecule has 1 aliphatic heterocycles. The van der Waals surface area contributed by atoms with Crippen LogP contribution in [-0.4, -0.2) is 48.3 Å². The van der Waals surface area contributed by atoms with Crippen molar-refractivity contribution in [1.29, 1.82) is 0 Å². The number of fused-ring (bicyclic) bond motifs is 1. The number of anilines is 1. The van der Waals surface area contributed by atoms with Gasteiger partial charge in [-0.1, -0.05) is 23.2 Å². The normalized spacial score (nSPS) is 13.7. The first-order chi connectivity index (χ1) is 14.2. The first-order valence-corrected chi connectivity index (χ1v) is 9.47. The molecule has 1 N–H and O–H groups in total. The maximum atomic E-state index is 12.1. The van der Waals surface area contributed by atoms with Crippen LogP contribution in [0.5, 0.6) is 5.75 Å². The fraction of sp³-hybridized carbons (Fsp3) is 0.200. The molecule has 0 fully saturated rings. The summed E-state index contributed by atoms with van der Waals surface area (Å²) in [5.41, 5.74) is 0.751. The highest BCUT2D eigenvalue weighted by atomic mass is 35.5. The maximum Gasteiger partial charge on any atom is 0.347 e. The van der Waals surface area contributed by atoms with E-state index in [1.807, 2.05) is 0 Å². The van der Waals surface area contributed by atoms with Crippen molar-refractivity contribution in [3.63, 3.8) is 0 Å². The lowest BCUT2D eigenvalue weighted by molar-refractivity contribution is -0.153. The van der Waals surface area contributed by atoms with Crippen molar-refractivity contribution in [1.82, 2.24) is 4.90 Å². The summed E-state index contributed by atoms with van der Waals surface area (Å²) in [6.07, 6.45) is -1.02. The predicted octanol–water partition coefficient (Wildman–Crippen LogP) is 3.17. The second-order valence-electron chi connectivity index (χ2n) is 6.42. The number of amides is 3. The molecule has 3 amide bonds. The van der Waals surface area contributed by atoms with Crippen molar-refractivity contribution in [3.8, 4) is 5.75 Å². The number of hydrogen-bond donors (Lipinski definition) is 1. The fourth-order valence-corrected chi connectivity index (χ4v) is 3.15. The number of rotatable bonds is 6. The second-order valence-corrected chi connectivity index (χ2v) is 7.26. The Morgan fingerprint density at radius 1 is 1.07 bits per heavy atom. The van der Waals surface area contributed by atoms with Gasteiger partial charge in [-0.05, 0) is 43.3 Å². The van der Waals surface area contributed by atoms with Crippen LogP contribution < -0.4 is 10.1 Å². The molecule has 10 heteroatoms. The summed E-state index contributed by atoms with van der Waals surface area (Å²) in [7, 11) is 1.38. The van der Waals surface area contributed by atoms with Gasteiger partial charge in [-0.2, -0.15) is 0 Å². The molecule has 1 unspecified atom stereocenters. The van der Waals surface area contributed by atoms with Crippen molar-refractivity contribution >= 4 is 52.6 Å². The smallest absolute Gasteiger partial charge is 0.347 e. The van der Waals surface area contributed by atoms with Gasteiger partial charge in [0.2, 0.25) is 0 Å². The van der Waals surface area contributed by atoms with Crippen LogP contribution in [0.3, 0.4) is 0 Å². The van der Waals surface area contributed by atoms with Gasteiger partial charge in [0.15, 0.2) is 12.7 Å². The van der Waals surface area contributed by atoms with Crippen LogP contribution in [-0.2, 0) is 14.3 Å². The number of nitrogens with zero attached hydrogens (tertiary/aromatic N) is 1. The Morgan fingerprint density at radius 2 is 1.77 bits per heavy atom. The number of imide groups is 1. The first-order valence-electron chi connectivity index (χ1n) is 8.72. The van der Waals surface area contributed by atoms with Gasteiger partial charge in [0, 0.05) is 17.8 Å². The van der Waals surface area contributed by atoms with Crippen molar-refractivity contribution in [2.24, 2.45) is 0 Å². The Morgan fingerprint density at radius 3 is 2.47 bits per heavy atom. The Labute approximate surface area is 181 Å². The molecule has 0 aromatic heterocycles. The number of esters is 1. The molecule has 1 aliphatic rings. The van der Waals surface area contributed by atoms with E-state index in [0.29, 0.717) is 10.7 Å². The van der Waals surface area contributed by atoms with Crippen LogP contribution in [0.2, 0.25) is 10.0 Å². The van der Waals surface area contributed by atoms with E-state index in [-0.39, 0.29) is 21.9 Å². The fourth-order valence-electron chi connectivity index (χ4n) is 2.70. The Balaban J connectivity index is 1.54. The number of benzene rings is 2. The summed E-state index contributed by atoms with van der Waals surface area (Å²) in [6.45, 7) is 0.884. The Hall–Kier alpha value is -3.10. The minimum Gasteiger partial charge on any atom is -0.477 e. The van der Waals surface area contributed by atoms with Gasteiger partial charge in [0.05, 0.1) is 16.1 Å². The molecule has 2 aromatic rings. The number of carbonyl (C=O) groups is 4. The number of halogens is 2. The molecular formula is C20H16Cl2N2O6. The third-order valence-electron chi connectivity index (χ3n) is 4.25. The minimum atomic E-state index is -1.02. The van der Waals surface area contributed by atoms with Crippen LogP contribution in [0, 0.1) is 0 Å². The van der Waals surface area contributed by atoms with E-state index in [2.05, 4.69) is 5.32 Å². The van der Waals surface area contributed by atoms with E-state index in [9.17, 15) is 19.2 Å². The molecule has 0 saturated heterocycles. The van der Waals surface area contributed by atoms with E-state index >= 15 is 0 Å². The molecule has 30 heavy (non-hydrogen) atoms. The number of ether oxygens (including phenoxy) is 2. The van der Waals surface area contributed by atoms with E-state index in [0.717, 1.165) is 4.90 Å². The molecule has 8 nitrogen and oxygen atoms in total. The monoisotopic (exact) mass is 450 g/mol. The van der Waals surface area contributed by atoms with Gasteiger partial charge in [0.1, 0.15) is 5.75 Å². The lowest BCUT2D eigenvalue weighted by Crippen LogP contribution is -2.29. The summed E-state index contributed by atoms with van der Waals surface area (Å²) in [4.78, 5) is 49.0. The molecule has 0 aliphatic carbocycles.